The monoisotopic (exact) mass is 362 g/mol. The molecule has 2 N–H and O–H groups in total. The van der Waals surface area contributed by atoms with E-state index in [4.69, 9.17) is 16.7 Å². The molecule has 8 heteroatoms. The summed E-state index contributed by atoms with van der Waals surface area (Å²) in [5.74, 6) is -0.818. The number of carbonyl (C=O) groups is 2. The fraction of sp³-hybridized carbons (Fsp3) is 0.353. The third kappa shape index (κ3) is 4.51. The van der Waals surface area contributed by atoms with E-state index < -0.39 is 5.97 Å². The molecular weight excluding hydrogens is 344 g/mol. The molecule has 0 spiro atoms. The van der Waals surface area contributed by atoms with E-state index in [9.17, 15) is 9.59 Å². The Morgan fingerprint density at radius 1 is 1.28 bits per heavy atom. The van der Waals surface area contributed by atoms with E-state index in [0.717, 1.165) is 18.5 Å². The molecule has 1 fully saturated rings. The minimum Gasteiger partial charge on any atom is -0.480 e. The van der Waals surface area contributed by atoms with Crippen LogP contribution in [0.4, 0.5) is 10.5 Å². The molecule has 7 nitrogen and oxygen atoms in total. The second-order valence-corrected chi connectivity index (χ2v) is 6.49. The van der Waals surface area contributed by atoms with Gasteiger partial charge in [0.2, 0.25) is 0 Å². The van der Waals surface area contributed by atoms with Crippen LogP contribution in [0.3, 0.4) is 0 Å². The summed E-state index contributed by atoms with van der Waals surface area (Å²) in [6, 6.07) is 8.65. The summed E-state index contributed by atoms with van der Waals surface area (Å²) in [7, 11) is 0. The van der Waals surface area contributed by atoms with Gasteiger partial charge in [0.15, 0.2) is 0 Å². The van der Waals surface area contributed by atoms with E-state index in [2.05, 4.69) is 10.4 Å². The predicted molar refractivity (Wildman–Crippen MR) is 93.9 cm³/mol. The van der Waals surface area contributed by atoms with E-state index in [1.165, 1.54) is 4.68 Å². The van der Waals surface area contributed by atoms with Gasteiger partial charge in [-0.2, -0.15) is 5.10 Å². The summed E-state index contributed by atoms with van der Waals surface area (Å²) in [6.07, 6.45) is 3.47. The number of carboxylic acids is 1. The summed E-state index contributed by atoms with van der Waals surface area (Å²) in [6.45, 7) is 1.09. The Morgan fingerprint density at radius 3 is 2.76 bits per heavy atom. The second-order valence-electron chi connectivity index (χ2n) is 6.05. The Balaban J connectivity index is 1.62. The van der Waals surface area contributed by atoms with E-state index in [-0.39, 0.29) is 18.5 Å². The van der Waals surface area contributed by atoms with Gasteiger partial charge in [-0.05, 0) is 43.2 Å². The zero-order valence-electron chi connectivity index (χ0n) is 13.6. The third-order valence-electron chi connectivity index (χ3n) is 4.18. The van der Waals surface area contributed by atoms with Gasteiger partial charge >= 0.3 is 12.0 Å². The maximum atomic E-state index is 12.5. The molecule has 3 rings (SSSR count). The number of amides is 2. The Bertz CT molecular complexity index is 760. The van der Waals surface area contributed by atoms with Crippen LogP contribution in [0.1, 0.15) is 24.5 Å². The average molecular weight is 363 g/mol. The van der Waals surface area contributed by atoms with Crippen molar-refractivity contribution >= 4 is 29.3 Å². The molecule has 1 aliphatic heterocycles. The summed E-state index contributed by atoms with van der Waals surface area (Å²) in [5.41, 5.74) is 1.52. The predicted octanol–water partition coefficient (Wildman–Crippen LogP) is 3.03. The van der Waals surface area contributed by atoms with Crippen LogP contribution in [-0.4, -0.2) is 44.9 Å². The number of likely N-dealkylation sites (tertiary alicyclic amines) is 1. The fourth-order valence-electron chi connectivity index (χ4n) is 2.96. The highest BCUT2D eigenvalue weighted by Gasteiger charge is 2.26. The Labute approximate surface area is 150 Å². The standard InChI is InChI=1S/C17H19ClN4O3/c18-13-3-5-14(6-4-13)19-17(25)21-8-1-2-12(10-21)15-7-9-22(20-15)11-16(23)24/h3-7,9,12H,1-2,8,10-11H2,(H,19,25)(H,23,24)/t12-/m1/s1. The van der Waals surface area contributed by atoms with Gasteiger partial charge in [-0.15, -0.1) is 0 Å². The van der Waals surface area contributed by atoms with Crippen LogP contribution in [-0.2, 0) is 11.3 Å². The van der Waals surface area contributed by atoms with Crippen LogP contribution in [0.15, 0.2) is 36.5 Å². The molecule has 0 radical (unpaired) electrons. The quantitative estimate of drug-likeness (QED) is 0.875. The van der Waals surface area contributed by atoms with Gasteiger partial charge in [-0.1, -0.05) is 11.6 Å². The topological polar surface area (TPSA) is 87.5 Å². The van der Waals surface area contributed by atoms with Gasteiger partial charge in [0.1, 0.15) is 6.54 Å². The molecule has 0 unspecified atom stereocenters. The highest BCUT2D eigenvalue weighted by atomic mass is 35.5. The minimum absolute atomic E-state index is 0.111. The maximum Gasteiger partial charge on any atom is 0.325 e. The van der Waals surface area contributed by atoms with Crippen LogP contribution in [0, 0.1) is 0 Å². The molecule has 1 saturated heterocycles. The normalized spacial score (nSPS) is 17.3. The number of anilines is 1. The van der Waals surface area contributed by atoms with Crippen molar-refractivity contribution in [3.05, 3.63) is 47.2 Å². The van der Waals surface area contributed by atoms with Crippen LogP contribution >= 0.6 is 11.6 Å². The molecule has 0 bridgehead atoms. The first kappa shape index (κ1) is 17.3. The van der Waals surface area contributed by atoms with Crippen molar-refractivity contribution in [2.45, 2.75) is 25.3 Å². The van der Waals surface area contributed by atoms with Crippen LogP contribution < -0.4 is 5.32 Å². The highest BCUT2D eigenvalue weighted by Crippen LogP contribution is 2.26. The SMILES string of the molecule is O=C(O)Cn1ccc([C@@H]2CCCN(C(=O)Nc3ccc(Cl)cc3)C2)n1. The van der Waals surface area contributed by atoms with Crippen molar-refractivity contribution in [3.63, 3.8) is 0 Å². The molecule has 2 aromatic rings. The first-order valence-corrected chi connectivity index (χ1v) is 8.45. The third-order valence-corrected chi connectivity index (χ3v) is 4.43. The summed E-state index contributed by atoms with van der Waals surface area (Å²) in [4.78, 5) is 25.0. The van der Waals surface area contributed by atoms with Crippen molar-refractivity contribution in [1.29, 1.82) is 0 Å². The number of rotatable bonds is 4. The number of benzene rings is 1. The van der Waals surface area contributed by atoms with E-state index in [1.807, 2.05) is 6.07 Å². The van der Waals surface area contributed by atoms with E-state index >= 15 is 0 Å². The maximum absolute atomic E-state index is 12.5. The van der Waals surface area contributed by atoms with Gasteiger partial charge in [0.25, 0.3) is 0 Å². The second kappa shape index (κ2) is 7.57. The first-order valence-electron chi connectivity index (χ1n) is 8.08. The number of piperidine rings is 1. The van der Waals surface area contributed by atoms with Gasteiger partial charge < -0.3 is 15.3 Å². The zero-order valence-corrected chi connectivity index (χ0v) is 14.3. The Morgan fingerprint density at radius 2 is 2.04 bits per heavy atom. The number of hydrogen-bond acceptors (Lipinski definition) is 3. The van der Waals surface area contributed by atoms with Crippen molar-refractivity contribution in [1.82, 2.24) is 14.7 Å². The molecule has 2 amide bonds. The average Bonchev–Trinajstić information content (AvgIpc) is 3.05. The number of nitrogens with zero attached hydrogens (tertiary/aromatic N) is 3. The molecule has 132 valence electrons. The number of aromatic nitrogens is 2. The van der Waals surface area contributed by atoms with Gasteiger partial charge in [-0.3, -0.25) is 9.48 Å². The number of hydrogen-bond donors (Lipinski definition) is 2. The molecule has 1 atom stereocenters. The largest absolute Gasteiger partial charge is 0.480 e. The molecule has 1 aromatic carbocycles. The zero-order chi connectivity index (χ0) is 17.8. The lowest BCUT2D eigenvalue weighted by atomic mass is 9.95. The molecular formula is C17H19ClN4O3. The van der Waals surface area contributed by atoms with Gasteiger partial charge in [-0.25, -0.2) is 4.79 Å². The van der Waals surface area contributed by atoms with Gasteiger partial charge in [0, 0.05) is 35.9 Å². The highest BCUT2D eigenvalue weighted by molar-refractivity contribution is 6.30. The number of urea groups is 1. The molecule has 2 heterocycles. The lowest BCUT2D eigenvalue weighted by molar-refractivity contribution is -0.137. The molecule has 25 heavy (non-hydrogen) atoms. The summed E-state index contributed by atoms with van der Waals surface area (Å²) in [5, 5.41) is 16.6. The molecule has 1 aliphatic rings. The smallest absolute Gasteiger partial charge is 0.325 e. The van der Waals surface area contributed by atoms with Crippen molar-refractivity contribution in [3.8, 4) is 0 Å². The van der Waals surface area contributed by atoms with Crippen molar-refractivity contribution in [2.75, 3.05) is 18.4 Å². The number of carbonyl (C=O) groups excluding carboxylic acids is 1. The molecule has 0 saturated carbocycles. The number of aliphatic carboxylic acids is 1. The fourth-order valence-corrected chi connectivity index (χ4v) is 3.09. The van der Waals surface area contributed by atoms with Crippen molar-refractivity contribution < 1.29 is 14.7 Å². The Hall–Kier alpha value is -2.54. The minimum atomic E-state index is -0.928. The Kier molecular flexibility index (Phi) is 5.23. The van der Waals surface area contributed by atoms with Crippen LogP contribution in [0.5, 0.6) is 0 Å². The molecule has 1 aromatic heterocycles. The van der Waals surface area contributed by atoms with E-state index in [0.29, 0.717) is 23.8 Å². The van der Waals surface area contributed by atoms with Crippen LogP contribution in [0.25, 0.3) is 0 Å². The number of nitrogens with one attached hydrogen (secondary N) is 1. The van der Waals surface area contributed by atoms with Crippen LogP contribution in [0.2, 0.25) is 5.02 Å². The number of carboxylic acid groups (broad SMARTS) is 1. The lowest BCUT2D eigenvalue weighted by Crippen LogP contribution is -2.41. The lowest BCUT2D eigenvalue weighted by Gasteiger charge is -2.32. The summed E-state index contributed by atoms with van der Waals surface area (Å²) < 4.78 is 1.41. The summed E-state index contributed by atoms with van der Waals surface area (Å²) >= 11 is 5.85. The van der Waals surface area contributed by atoms with Gasteiger partial charge in [0.05, 0.1) is 5.69 Å². The first-order chi connectivity index (χ1) is 12.0. The molecule has 0 aliphatic carbocycles. The van der Waals surface area contributed by atoms with Crippen molar-refractivity contribution in [2.24, 2.45) is 0 Å². The van der Waals surface area contributed by atoms with E-state index in [1.54, 1.807) is 35.4 Å². The number of halogens is 1.